The zero-order chi connectivity index (χ0) is 17.8. The van der Waals surface area contributed by atoms with Crippen LogP contribution in [0.2, 0.25) is 0 Å². The quantitative estimate of drug-likeness (QED) is 0.767. The lowest BCUT2D eigenvalue weighted by Gasteiger charge is -2.10. The number of aryl methyl sites for hydroxylation is 1. The van der Waals surface area contributed by atoms with Gasteiger partial charge in [-0.05, 0) is 25.1 Å². The molecule has 0 fully saturated rings. The number of rotatable bonds is 5. The number of pyridine rings is 1. The van der Waals surface area contributed by atoms with E-state index in [2.05, 4.69) is 15.5 Å². The van der Waals surface area contributed by atoms with Gasteiger partial charge in [-0.2, -0.15) is 0 Å². The van der Waals surface area contributed by atoms with Crippen LogP contribution >= 0.6 is 0 Å². The zero-order valence-electron chi connectivity index (χ0n) is 13.1. The third kappa shape index (κ3) is 3.79. The number of benzene rings is 1. The number of halogens is 2. The fourth-order valence-electron chi connectivity index (χ4n) is 2.09. The van der Waals surface area contributed by atoms with Crippen molar-refractivity contribution in [2.24, 2.45) is 0 Å². The Labute approximate surface area is 141 Å². The first-order chi connectivity index (χ1) is 12.0. The number of amides is 1. The molecule has 0 bridgehead atoms. The second kappa shape index (κ2) is 7.08. The molecular formula is C17H13F2N3O3. The van der Waals surface area contributed by atoms with Crippen LogP contribution in [0.15, 0.2) is 47.2 Å². The molecule has 0 unspecified atom stereocenters. The maximum absolute atomic E-state index is 13.3. The number of ether oxygens (including phenoxy) is 1. The van der Waals surface area contributed by atoms with Gasteiger partial charge in [-0.15, -0.1) is 0 Å². The molecule has 3 rings (SSSR count). The largest absolute Gasteiger partial charge is 0.439 e. The van der Waals surface area contributed by atoms with Crippen molar-refractivity contribution in [3.05, 3.63) is 71.2 Å². The van der Waals surface area contributed by atoms with Crippen LogP contribution in [-0.4, -0.2) is 16.0 Å². The van der Waals surface area contributed by atoms with Gasteiger partial charge < -0.3 is 14.6 Å². The van der Waals surface area contributed by atoms with Gasteiger partial charge in [-0.25, -0.2) is 13.8 Å². The van der Waals surface area contributed by atoms with Gasteiger partial charge >= 0.3 is 0 Å². The van der Waals surface area contributed by atoms with Crippen LogP contribution in [0, 0.1) is 18.6 Å². The Morgan fingerprint density at radius 3 is 2.84 bits per heavy atom. The summed E-state index contributed by atoms with van der Waals surface area (Å²) in [7, 11) is 0. The fraction of sp³-hybridized carbons (Fsp3) is 0.118. The molecule has 0 aliphatic carbocycles. The zero-order valence-corrected chi connectivity index (χ0v) is 13.1. The number of carbonyl (C=O) groups excluding carboxylic acids is 1. The van der Waals surface area contributed by atoms with E-state index in [9.17, 15) is 13.6 Å². The number of hydrogen-bond donors (Lipinski definition) is 1. The summed E-state index contributed by atoms with van der Waals surface area (Å²) in [6.45, 7) is 1.75. The maximum Gasteiger partial charge on any atom is 0.256 e. The molecule has 2 aromatic heterocycles. The Hall–Kier alpha value is -3.29. The van der Waals surface area contributed by atoms with Crippen molar-refractivity contribution in [1.29, 1.82) is 0 Å². The van der Waals surface area contributed by atoms with E-state index < -0.39 is 11.6 Å². The molecule has 8 heteroatoms. The lowest BCUT2D eigenvalue weighted by Crippen LogP contribution is -2.23. The summed E-state index contributed by atoms with van der Waals surface area (Å²) < 4.78 is 36.6. The first-order valence-electron chi connectivity index (χ1n) is 7.31. The third-order valence-corrected chi connectivity index (χ3v) is 3.39. The molecule has 0 atom stereocenters. The number of hydrogen-bond acceptors (Lipinski definition) is 5. The van der Waals surface area contributed by atoms with Gasteiger partial charge in [0.1, 0.15) is 17.1 Å². The Balaban J connectivity index is 1.73. The standard InChI is InChI=1S/C17H13F2N3O3/c1-10-13(9-22-25-10)16(23)21-8-11-3-2-6-20-17(11)24-12-4-5-14(18)15(19)7-12/h2-7,9H,8H2,1H3,(H,21,23). The van der Waals surface area contributed by atoms with Gasteiger partial charge in [0, 0.05) is 24.4 Å². The molecule has 0 saturated carbocycles. The molecule has 25 heavy (non-hydrogen) atoms. The first kappa shape index (κ1) is 16.6. The molecule has 128 valence electrons. The van der Waals surface area contributed by atoms with E-state index in [0.29, 0.717) is 16.9 Å². The van der Waals surface area contributed by atoms with Crippen molar-refractivity contribution in [2.75, 3.05) is 0 Å². The topological polar surface area (TPSA) is 77.3 Å². The summed E-state index contributed by atoms with van der Waals surface area (Å²) in [6, 6.07) is 6.54. The normalized spacial score (nSPS) is 10.5. The highest BCUT2D eigenvalue weighted by Gasteiger charge is 2.14. The van der Waals surface area contributed by atoms with E-state index >= 15 is 0 Å². The van der Waals surface area contributed by atoms with Gasteiger partial charge in [-0.1, -0.05) is 11.2 Å². The van der Waals surface area contributed by atoms with Gasteiger partial charge in [0.25, 0.3) is 5.91 Å². The van der Waals surface area contributed by atoms with Crippen LogP contribution < -0.4 is 10.1 Å². The van der Waals surface area contributed by atoms with Crippen molar-refractivity contribution < 1.29 is 22.8 Å². The minimum atomic E-state index is -1.02. The molecule has 0 aliphatic rings. The van der Waals surface area contributed by atoms with Crippen molar-refractivity contribution >= 4 is 5.91 Å². The first-order valence-corrected chi connectivity index (χ1v) is 7.31. The maximum atomic E-state index is 13.3. The van der Waals surface area contributed by atoms with Crippen molar-refractivity contribution in [3.63, 3.8) is 0 Å². The van der Waals surface area contributed by atoms with Gasteiger partial charge in [0.15, 0.2) is 11.6 Å². The van der Waals surface area contributed by atoms with Crippen molar-refractivity contribution in [2.45, 2.75) is 13.5 Å². The van der Waals surface area contributed by atoms with Crippen LogP contribution in [-0.2, 0) is 6.54 Å². The van der Waals surface area contributed by atoms with Crippen LogP contribution in [0.3, 0.4) is 0 Å². The number of carbonyl (C=O) groups is 1. The predicted octanol–water partition coefficient (Wildman–Crippen LogP) is 3.38. The van der Waals surface area contributed by atoms with Crippen LogP contribution in [0.4, 0.5) is 8.78 Å². The van der Waals surface area contributed by atoms with Crippen LogP contribution in [0.5, 0.6) is 11.6 Å². The molecule has 0 aliphatic heterocycles. The number of aromatic nitrogens is 2. The number of nitrogens with zero attached hydrogens (tertiary/aromatic N) is 2. The van der Waals surface area contributed by atoms with E-state index in [1.54, 1.807) is 19.1 Å². The summed E-state index contributed by atoms with van der Waals surface area (Å²) in [5.41, 5.74) is 0.890. The molecule has 3 aromatic rings. The Kier molecular flexibility index (Phi) is 4.69. The average Bonchev–Trinajstić information content (AvgIpc) is 3.03. The molecule has 1 N–H and O–H groups in total. The van der Waals surface area contributed by atoms with Crippen molar-refractivity contribution in [1.82, 2.24) is 15.5 Å². The lowest BCUT2D eigenvalue weighted by molar-refractivity contribution is 0.0949. The highest BCUT2D eigenvalue weighted by atomic mass is 19.2. The minimum Gasteiger partial charge on any atom is -0.439 e. The third-order valence-electron chi connectivity index (χ3n) is 3.39. The van der Waals surface area contributed by atoms with Crippen LogP contribution in [0.1, 0.15) is 21.7 Å². The van der Waals surface area contributed by atoms with E-state index in [0.717, 1.165) is 12.1 Å². The highest BCUT2D eigenvalue weighted by Crippen LogP contribution is 2.24. The molecule has 2 heterocycles. The summed E-state index contributed by atoms with van der Waals surface area (Å²) in [6.07, 6.45) is 2.82. The van der Waals surface area contributed by atoms with Gasteiger partial charge in [-0.3, -0.25) is 4.79 Å². The molecular weight excluding hydrogens is 332 g/mol. The molecule has 1 aromatic carbocycles. The Morgan fingerprint density at radius 2 is 2.12 bits per heavy atom. The second-order valence-corrected chi connectivity index (χ2v) is 5.12. The molecule has 0 radical (unpaired) electrons. The number of nitrogens with one attached hydrogen (secondary N) is 1. The Bertz CT molecular complexity index is 912. The highest BCUT2D eigenvalue weighted by molar-refractivity contribution is 5.94. The molecule has 0 spiro atoms. The SMILES string of the molecule is Cc1oncc1C(=O)NCc1cccnc1Oc1ccc(F)c(F)c1. The summed E-state index contributed by atoms with van der Waals surface area (Å²) >= 11 is 0. The smallest absolute Gasteiger partial charge is 0.256 e. The monoisotopic (exact) mass is 345 g/mol. The lowest BCUT2D eigenvalue weighted by atomic mass is 10.2. The van der Waals surface area contributed by atoms with Gasteiger partial charge in [0.2, 0.25) is 5.88 Å². The summed E-state index contributed by atoms with van der Waals surface area (Å²) in [5, 5.41) is 6.24. The summed E-state index contributed by atoms with van der Waals surface area (Å²) in [4.78, 5) is 16.2. The van der Waals surface area contributed by atoms with Crippen molar-refractivity contribution in [3.8, 4) is 11.6 Å². The molecule has 6 nitrogen and oxygen atoms in total. The molecule has 1 amide bonds. The van der Waals surface area contributed by atoms with E-state index in [4.69, 9.17) is 9.26 Å². The fourth-order valence-corrected chi connectivity index (χ4v) is 2.09. The minimum absolute atomic E-state index is 0.0973. The second-order valence-electron chi connectivity index (χ2n) is 5.12. The predicted molar refractivity (Wildman–Crippen MR) is 83.1 cm³/mol. The van der Waals surface area contributed by atoms with Gasteiger partial charge in [0.05, 0.1) is 6.20 Å². The van der Waals surface area contributed by atoms with Crippen LogP contribution in [0.25, 0.3) is 0 Å². The van der Waals surface area contributed by atoms with E-state index in [-0.39, 0.29) is 24.1 Å². The average molecular weight is 345 g/mol. The van der Waals surface area contributed by atoms with E-state index in [1.807, 2.05) is 0 Å². The van der Waals surface area contributed by atoms with E-state index in [1.165, 1.54) is 18.5 Å². The Morgan fingerprint density at radius 1 is 1.28 bits per heavy atom. The molecule has 0 saturated heterocycles. The summed E-state index contributed by atoms with van der Waals surface area (Å²) in [5.74, 6) is -1.67.